The number of methoxy groups -OCH3 is 1. The van der Waals surface area contributed by atoms with Crippen LogP contribution in [0, 0.1) is 0 Å². The van der Waals surface area contributed by atoms with Gasteiger partial charge in [-0.1, -0.05) is 13.8 Å². The zero-order valence-corrected chi connectivity index (χ0v) is 11.5. The second kappa shape index (κ2) is 6.86. The topological polar surface area (TPSA) is 41.6 Å². The summed E-state index contributed by atoms with van der Waals surface area (Å²) in [5.41, 5.74) is -0.600. The number of nitrogens with one attached hydrogen (secondary N) is 1. The summed E-state index contributed by atoms with van der Waals surface area (Å²) < 4.78 is 4.83. The normalized spacial score (nSPS) is 16.9. The number of nitrogens with zero attached hydrogens (tertiary/aromatic N) is 1. The molecule has 0 aromatic carbocycles. The highest BCUT2D eigenvalue weighted by Gasteiger charge is 2.35. The van der Waals surface area contributed by atoms with E-state index in [1.807, 2.05) is 6.92 Å². The molecule has 4 nitrogen and oxygen atoms in total. The van der Waals surface area contributed by atoms with Crippen LogP contribution in [0.25, 0.3) is 0 Å². The molecule has 2 atom stereocenters. The van der Waals surface area contributed by atoms with E-state index in [2.05, 4.69) is 31.0 Å². The van der Waals surface area contributed by atoms with Crippen molar-refractivity contribution in [3.8, 4) is 0 Å². The van der Waals surface area contributed by atoms with Gasteiger partial charge >= 0.3 is 5.97 Å². The van der Waals surface area contributed by atoms with Crippen LogP contribution in [0.15, 0.2) is 0 Å². The lowest BCUT2D eigenvalue weighted by Gasteiger charge is -2.34. The molecular weight excluding hydrogens is 204 g/mol. The molecule has 0 heterocycles. The molecule has 0 fully saturated rings. The number of esters is 1. The van der Waals surface area contributed by atoms with Crippen molar-refractivity contribution < 1.29 is 9.53 Å². The van der Waals surface area contributed by atoms with Gasteiger partial charge in [0.25, 0.3) is 0 Å². The molecule has 0 aromatic heterocycles. The van der Waals surface area contributed by atoms with E-state index in [1.165, 1.54) is 7.11 Å². The molecule has 2 unspecified atom stereocenters. The monoisotopic (exact) mass is 230 g/mol. The smallest absolute Gasteiger partial charge is 0.325 e. The maximum Gasteiger partial charge on any atom is 0.325 e. The zero-order chi connectivity index (χ0) is 12.8. The van der Waals surface area contributed by atoms with Gasteiger partial charge in [0.05, 0.1) is 7.11 Å². The zero-order valence-electron chi connectivity index (χ0n) is 11.5. The molecule has 0 aliphatic carbocycles. The minimum atomic E-state index is -0.600. The van der Waals surface area contributed by atoms with Gasteiger partial charge in [-0.05, 0) is 40.4 Å². The first-order valence-corrected chi connectivity index (χ1v) is 5.96. The van der Waals surface area contributed by atoms with E-state index < -0.39 is 5.54 Å². The Morgan fingerprint density at radius 1 is 1.44 bits per heavy atom. The minimum Gasteiger partial charge on any atom is -0.468 e. The maximum atomic E-state index is 11.7. The summed E-state index contributed by atoms with van der Waals surface area (Å²) in [6.45, 7) is 10.3. The predicted octanol–water partition coefficient (Wildman–Crippen LogP) is 1.26. The Balaban J connectivity index is 4.58. The van der Waals surface area contributed by atoms with Crippen LogP contribution in [0.1, 0.15) is 34.1 Å². The molecule has 0 rings (SSSR count). The average molecular weight is 230 g/mol. The molecule has 0 saturated heterocycles. The van der Waals surface area contributed by atoms with Crippen molar-refractivity contribution in [2.45, 2.75) is 45.7 Å². The number of hydrogen-bond acceptors (Lipinski definition) is 4. The summed E-state index contributed by atoms with van der Waals surface area (Å²) in [6, 6.07) is 0.353. The minimum absolute atomic E-state index is 0.200. The summed E-state index contributed by atoms with van der Waals surface area (Å²) >= 11 is 0. The molecule has 0 aromatic rings. The SMILES string of the molecule is CCN(CC)C(C)CC(C)(NC)C(=O)OC. The fourth-order valence-corrected chi connectivity index (χ4v) is 2.08. The highest BCUT2D eigenvalue weighted by molar-refractivity contribution is 5.80. The number of carbonyl (C=O) groups is 1. The molecule has 0 amide bonds. The number of hydrogen-bond donors (Lipinski definition) is 1. The Bertz CT molecular complexity index is 217. The lowest BCUT2D eigenvalue weighted by Crippen LogP contribution is -2.52. The van der Waals surface area contributed by atoms with E-state index in [9.17, 15) is 4.79 Å². The molecule has 16 heavy (non-hydrogen) atoms. The molecule has 0 radical (unpaired) electrons. The van der Waals surface area contributed by atoms with Gasteiger partial charge in [-0.3, -0.25) is 4.79 Å². The van der Waals surface area contributed by atoms with Gasteiger partial charge < -0.3 is 15.0 Å². The van der Waals surface area contributed by atoms with Crippen molar-refractivity contribution in [2.24, 2.45) is 0 Å². The maximum absolute atomic E-state index is 11.7. The lowest BCUT2D eigenvalue weighted by molar-refractivity contribution is -0.148. The largest absolute Gasteiger partial charge is 0.468 e. The summed E-state index contributed by atoms with van der Waals surface area (Å²) in [5, 5.41) is 3.06. The quantitative estimate of drug-likeness (QED) is 0.669. The molecular formula is C12H26N2O2. The van der Waals surface area contributed by atoms with Gasteiger partial charge in [0.2, 0.25) is 0 Å². The molecule has 0 aliphatic rings. The van der Waals surface area contributed by atoms with Crippen LogP contribution in [0.4, 0.5) is 0 Å². The van der Waals surface area contributed by atoms with E-state index >= 15 is 0 Å². The molecule has 1 N–H and O–H groups in total. The molecule has 0 spiro atoms. The standard InChI is InChI=1S/C12H26N2O2/c1-7-14(8-2)10(3)9-12(4,13-5)11(15)16-6/h10,13H,7-9H2,1-6H3. The Labute approximate surface area is 99.3 Å². The van der Waals surface area contributed by atoms with Gasteiger partial charge in [-0.15, -0.1) is 0 Å². The fraction of sp³-hybridized carbons (Fsp3) is 0.917. The van der Waals surface area contributed by atoms with Crippen LogP contribution in [-0.2, 0) is 9.53 Å². The number of likely N-dealkylation sites (N-methyl/N-ethyl adjacent to an activating group) is 1. The van der Waals surface area contributed by atoms with Crippen molar-refractivity contribution in [2.75, 3.05) is 27.2 Å². The first-order valence-electron chi connectivity index (χ1n) is 5.96. The van der Waals surface area contributed by atoms with Crippen LogP contribution >= 0.6 is 0 Å². The van der Waals surface area contributed by atoms with Crippen LogP contribution < -0.4 is 5.32 Å². The third-order valence-electron chi connectivity index (χ3n) is 3.33. The fourth-order valence-electron chi connectivity index (χ4n) is 2.08. The van der Waals surface area contributed by atoms with Crippen LogP contribution in [0.2, 0.25) is 0 Å². The van der Waals surface area contributed by atoms with Crippen molar-refractivity contribution in [1.82, 2.24) is 10.2 Å². The van der Waals surface area contributed by atoms with Crippen molar-refractivity contribution in [1.29, 1.82) is 0 Å². The van der Waals surface area contributed by atoms with E-state index in [-0.39, 0.29) is 5.97 Å². The second-order valence-corrected chi connectivity index (χ2v) is 4.35. The van der Waals surface area contributed by atoms with Crippen LogP contribution in [-0.4, -0.2) is 49.7 Å². The Morgan fingerprint density at radius 2 is 1.94 bits per heavy atom. The van der Waals surface area contributed by atoms with Crippen LogP contribution in [0.3, 0.4) is 0 Å². The number of rotatable bonds is 7. The molecule has 4 heteroatoms. The number of carbonyl (C=O) groups excluding carboxylic acids is 1. The Morgan fingerprint density at radius 3 is 2.25 bits per heavy atom. The summed E-state index contributed by atoms with van der Waals surface area (Å²) in [4.78, 5) is 14.0. The van der Waals surface area contributed by atoms with Crippen LogP contribution in [0.5, 0.6) is 0 Å². The van der Waals surface area contributed by atoms with E-state index in [4.69, 9.17) is 4.74 Å². The highest BCUT2D eigenvalue weighted by atomic mass is 16.5. The van der Waals surface area contributed by atoms with Gasteiger partial charge in [0, 0.05) is 6.04 Å². The third kappa shape index (κ3) is 3.76. The molecule has 0 bridgehead atoms. The van der Waals surface area contributed by atoms with Gasteiger partial charge in [-0.2, -0.15) is 0 Å². The Hall–Kier alpha value is -0.610. The first kappa shape index (κ1) is 15.4. The van der Waals surface area contributed by atoms with E-state index in [0.717, 1.165) is 19.5 Å². The third-order valence-corrected chi connectivity index (χ3v) is 3.33. The van der Waals surface area contributed by atoms with Gasteiger partial charge in [0.1, 0.15) is 5.54 Å². The van der Waals surface area contributed by atoms with Crippen molar-refractivity contribution in [3.05, 3.63) is 0 Å². The number of ether oxygens (including phenoxy) is 1. The van der Waals surface area contributed by atoms with E-state index in [0.29, 0.717) is 6.04 Å². The van der Waals surface area contributed by atoms with Gasteiger partial charge in [-0.25, -0.2) is 0 Å². The molecule has 0 aliphatic heterocycles. The summed E-state index contributed by atoms with van der Waals surface area (Å²) in [6.07, 6.45) is 0.748. The van der Waals surface area contributed by atoms with Crippen molar-refractivity contribution in [3.63, 3.8) is 0 Å². The second-order valence-electron chi connectivity index (χ2n) is 4.35. The lowest BCUT2D eigenvalue weighted by atomic mass is 9.93. The predicted molar refractivity (Wildman–Crippen MR) is 66.5 cm³/mol. The average Bonchev–Trinajstić information content (AvgIpc) is 2.29. The van der Waals surface area contributed by atoms with E-state index in [1.54, 1.807) is 7.05 Å². The van der Waals surface area contributed by atoms with Gasteiger partial charge in [0.15, 0.2) is 0 Å². The summed E-state index contributed by atoms with van der Waals surface area (Å²) in [5.74, 6) is -0.200. The highest BCUT2D eigenvalue weighted by Crippen LogP contribution is 2.17. The summed E-state index contributed by atoms with van der Waals surface area (Å²) in [7, 11) is 3.23. The Kier molecular flexibility index (Phi) is 6.60. The first-order chi connectivity index (χ1) is 7.45. The molecule has 96 valence electrons. The van der Waals surface area contributed by atoms with Crippen molar-refractivity contribution >= 4 is 5.97 Å². The molecule has 0 saturated carbocycles.